The smallest absolute Gasteiger partial charge is 0.125 e. The molecule has 0 saturated heterocycles. The van der Waals surface area contributed by atoms with Crippen molar-refractivity contribution in [2.45, 2.75) is 26.3 Å². The summed E-state index contributed by atoms with van der Waals surface area (Å²) in [6.07, 6.45) is 1.05. The summed E-state index contributed by atoms with van der Waals surface area (Å²) in [6, 6.07) is 15.2. The minimum absolute atomic E-state index is 0.165. The molecule has 94 valence electrons. The van der Waals surface area contributed by atoms with Crippen molar-refractivity contribution in [3.8, 4) is 0 Å². The third-order valence-electron chi connectivity index (χ3n) is 3.10. The highest BCUT2D eigenvalue weighted by Crippen LogP contribution is 2.20. The normalized spacial score (nSPS) is 12.2. The van der Waals surface area contributed by atoms with Gasteiger partial charge >= 0.3 is 0 Å². The van der Waals surface area contributed by atoms with E-state index in [0.717, 1.165) is 12.1 Å². The molecule has 2 rings (SSSR count). The lowest BCUT2D eigenvalue weighted by Crippen LogP contribution is -2.06. The van der Waals surface area contributed by atoms with Crippen molar-refractivity contribution in [3.63, 3.8) is 0 Å². The molecule has 0 bridgehead atoms. The molecule has 2 heteroatoms. The number of halogens is 1. The fourth-order valence-corrected chi connectivity index (χ4v) is 1.95. The van der Waals surface area contributed by atoms with Crippen LogP contribution in [0.3, 0.4) is 0 Å². The van der Waals surface area contributed by atoms with E-state index in [4.69, 9.17) is 0 Å². The van der Waals surface area contributed by atoms with Crippen LogP contribution >= 0.6 is 0 Å². The van der Waals surface area contributed by atoms with Crippen LogP contribution in [0.5, 0.6) is 0 Å². The first kappa shape index (κ1) is 12.6. The Balaban J connectivity index is 2.09. The van der Waals surface area contributed by atoms with Crippen LogP contribution in [0.1, 0.15) is 31.0 Å². The topological polar surface area (TPSA) is 12.0 Å². The van der Waals surface area contributed by atoms with E-state index < -0.39 is 0 Å². The first-order chi connectivity index (χ1) is 8.69. The van der Waals surface area contributed by atoms with E-state index in [1.165, 1.54) is 23.3 Å². The number of rotatable bonds is 4. The van der Waals surface area contributed by atoms with Crippen LogP contribution < -0.4 is 5.32 Å². The van der Waals surface area contributed by atoms with Gasteiger partial charge in [0.2, 0.25) is 0 Å². The SMILES string of the molecule is CCc1ccc(C(C)Nc2cccc(F)c2)cc1. The fourth-order valence-electron chi connectivity index (χ4n) is 1.95. The molecule has 0 aliphatic carbocycles. The fraction of sp³-hybridized carbons (Fsp3) is 0.250. The Bertz CT molecular complexity index is 505. The van der Waals surface area contributed by atoms with Gasteiger partial charge in [-0.05, 0) is 42.7 Å². The number of aryl methyl sites for hydroxylation is 1. The summed E-state index contributed by atoms with van der Waals surface area (Å²) in [5.74, 6) is -0.214. The molecule has 18 heavy (non-hydrogen) atoms. The van der Waals surface area contributed by atoms with E-state index in [1.807, 2.05) is 6.07 Å². The maximum atomic E-state index is 13.1. The molecule has 2 aromatic rings. The van der Waals surface area contributed by atoms with Crippen LogP contribution in [-0.4, -0.2) is 0 Å². The number of nitrogens with one attached hydrogen (secondary N) is 1. The van der Waals surface area contributed by atoms with Crippen LogP contribution in [-0.2, 0) is 6.42 Å². The quantitative estimate of drug-likeness (QED) is 0.830. The van der Waals surface area contributed by atoms with Gasteiger partial charge in [-0.15, -0.1) is 0 Å². The van der Waals surface area contributed by atoms with Gasteiger partial charge in [-0.2, -0.15) is 0 Å². The van der Waals surface area contributed by atoms with Gasteiger partial charge in [0.25, 0.3) is 0 Å². The maximum absolute atomic E-state index is 13.1. The van der Waals surface area contributed by atoms with Crippen LogP contribution in [0.15, 0.2) is 48.5 Å². The molecule has 0 radical (unpaired) electrons. The first-order valence-electron chi connectivity index (χ1n) is 6.30. The standard InChI is InChI=1S/C16H18FN/c1-3-13-7-9-14(10-8-13)12(2)18-16-6-4-5-15(17)11-16/h4-12,18H,3H2,1-2H3. The monoisotopic (exact) mass is 243 g/mol. The van der Waals surface area contributed by atoms with E-state index in [0.29, 0.717) is 0 Å². The van der Waals surface area contributed by atoms with Crippen LogP contribution in [0.2, 0.25) is 0 Å². The minimum atomic E-state index is -0.214. The highest BCUT2D eigenvalue weighted by molar-refractivity contribution is 5.45. The Morgan fingerprint density at radius 1 is 1.11 bits per heavy atom. The summed E-state index contributed by atoms with van der Waals surface area (Å²) in [5, 5.41) is 3.30. The summed E-state index contributed by atoms with van der Waals surface area (Å²) in [4.78, 5) is 0. The second-order valence-corrected chi connectivity index (χ2v) is 4.47. The van der Waals surface area contributed by atoms with E-state index >= 15 is 0 Å². The second-order valence-electron chi connectivity index (χ2n) is 4.47. The lowest BCUT2D eigenvalue weighted by atomic mass is 10.0. The van der Waals surface area contributed by atoms with Gasteiger partial charge in [-0.25, -0.2) is 4.39 Å². The van der Waals surface area contributed by atoms with E-state index in [9.17, 15) is 4.39 Å². The molecule has 0 amide bonds. The lowest BCUT2D eigenvalue weighted by molar-refractivity contribution is 0.628. The molecule has 0 spiro atoms. The molecule has 1 N–H and O–H groups in total. The summed E-state index contributed by atoms with van der Waals surface area (Å²) >= 11 is 0. The van der Waals surface area contributed by atoms with Gasteiger partial charge in [-0.3, -0.25) is 0 Å². The van der Waals surface area contributed by atoms with E-state index in [1.54, 1.807) is 6.07 Å². The van der Waals surface area contributed by atoms with E-state index in [-0.39, 0.29) is 11.9 Å². The number of benzene rings is 2. The molecule has 0 aliphatic heterocycles. The number of hydrogen-bond donors (Lipinski definition) is 1. The average molecular weight is 243 g/mol. The van der Waals surface area contributed by atoms with Crippen LogP contribution in [0.4, 0.5) is 10.1 Å². The van der Waals surface area contributed by atoms with Crippen molar-refractivity contribution in [1.82, 2.24) is 0 Å². The van der Waals surface area contributed by atoms with Crippen molar-refractivity contribution in [2.24, 2.45) is 0 Å². The van der Waals surface area contributed by atoms with Gasteiger partial charge in [0.1, 0.15) is 5.82 Å². The molecule has 1 unspecified atom stereocenters. The van der Waals surface area contributed by atoms with Gasteiger partial charge in [0.05, 0.1) is 0 Å². The predicted molar refractivity (Wildman–Crippen MR) is 74.3 cm³/mol. The zero-order valence-corrected chi connectivity index (χ0v) is 10.8. The summed E-state index contributed by atoms with van der Waals surface area (Å²) in [6.45, 7) is 4.22. The first-order valence-corrected chi connectivity index (χ1v) is 6.30. The Morgan fingerprint density at radius 2 is 1.83 bits per heavy atom. The Hall–Kier alpha value is -1.83. The summed E-state index contributed by atoms with van der Waals surface area (Å²) in [5.41, 5.74) is 3.34. The van der Waals surface area contributed by atoms with Crippen LogP contribution in [0, 0.1) is 5.82 Å². The van der Waals surface area contributed by atoms with E-state index in [2.05, 4.69) is 43.4 Å². The highest BCUT2D eigenvalue weighted by Gasteiger charge is 2.05. The lowest BCUT2D eigenvalue weighted by Gasteiger charge is -2.16. The van der Waals surface area contributed by atoms with Gasteiger partial charge in [0, 0.05) is 11.7 Å². The molecular formula is C16H18FN. The summed E-state index contributed by atoms with van der Waals surface area (Å²) < 4.78 is 13.1. The third kappa shape index (κ3) is 3.10. The zero-order chi connectivity index (χ0) is 13.0. The molecule has 0 aliphatic rings. The third-order valence-corrected chi connectivity index (χ3v) is 3.10. The molecule has 1 nitrogen and oxygen atoms in total. The second kappa shape index (κ2) is 5.67. The molecule has 1 atom stereocenters. The maximum Gasteiger partial charge on any atom is 0.125 e. The molecule has 2 aromatic carbocycles. The van der Waals surface area contributed by atoms with Gasteiger partial charge in [0.15, 0.2) is 0 Å². The Morgan fingerprint density at radius 3 is 2.44 bits per heavy atom. The Kier molecular flexibility index (Phi) is 3.98. The van der Waals surface area contributed by atoms with Crippen molar-refractivity contribution in [2.75, 3.05) is 5.32 Å². The van der Waals surface area contributed by atoms with Crippen LogP contribution in [0.25, 0.3) is 0 Å². The minimum Gasteiger partial charge on any atom is -0.378 e. The van der Waals surface area contributed by atoms with Crippen molar-refractivity contribution in [3.05, 3.63) is 65.5 Å². The average Bonchev–Trinajstić information content (AvgIpc) is 2.39. The molecule has 0 aromatic heterocycles. The largest absolute Gasteiger partial charge is 0.378 e. The number of anilines is 1. The predicted octanol–water partition coefficient (Wildman–Crippen LogP) is 4.56. The zero-order valence-electron chi connectivity index (χ0n) is 10.8. The highest BCUT2D eigenvalue weighted by atomic mass is 19.1. The molecule has 0 fully saturated rings. The van der Waals surface area contributed by atoms with Gasteiger partial charge < -0.3 is 5.32 Å². The van der Waals surface area contributed by atoms with Crippen molar-refractivity contribution < 1.29 is 4.39 Å². The number of hydrogen-bond acceptors (Lipinski definition) is 1. The van der Waals surface area contributed by atoms with Crippen molar-refractivity contribution >= 4 is 5.69 Å². The summed E-state index contributed by atoms with van der Waals surface area (Å²) in [7, 11) is 0. The molecular weight excluding hydrogens is 225 g/mol. The van der Waals surface area contributed by atoms with Crippen molar-refractivity contribution in [1.29, 1.82) is 0 Å². The van der Waals surface area contributed by atoms with Gasteiger partial charge in [-0.1, -0.05) is 37.3 Å². The molecule has 0 heterocycles. The molecule has 0 saturated carbocycles. The Labute approximate surface area is 108 Å².